The Balaban J connectivity index is 1.78. The highest BCUT2D eigenvalue weighted by molar-refractivity contribution is 6.06. The molecule has 2 heterocycles. The molecule has 0 aromatic rings. The van der Waals surface area contributed by atoms with Crippen molar-refractivity contribution < 1.29 is 9.59 Å². The number of aliphatic imine (C=N–C) groups is 1. The third-order valence-corrected chi connectivity index (χ3v) is 6.35. The second-order valence-corrected chi connectivity index (χ2v) is 7.97. The number of urea groups is 1. The molecule has 2 saturated heterocycles. The Hall–Kier alpha value is -1.79. The molecule has 2 aliphatic heterocycles. The molecule has 0 aromatic carbocycles. The molecule has 2 rings (SSSR count). The van der Waals surface area contributed by atoms with E-state index in [9.17, 15) is 9.59 Å². The van der Waals surface area contributed by atoms with Crippen molar-refractivity contribution in [2.75, 3.05) is 33.2 Å². The Morgan fingerprint density at radius 1 is 1.33 bits per heavy atom. The Morgan fingerprint density at radius 2 is 2.04 bits per heavy atom. The van der Waals surface area contributed by atoms with Gasteiger partial charge in [0.1, 0.15) is 5.54 Å². The number of carbonyl (C=O) groups excluding carboxylic acids is 2. The normalized spacial score (nSPS) is 26.3. The highest BCUT2D eigenvalue weighted by Gasteiger charge is 2.45. The first-order chi connectivity index (χ1) is 12.9. The van der Waals surface area contributed by atoms with Gasteiger partial charge in [0, 0.05) is 33.2 Å². The van der Waals surface area contributed by atoms with E-state index in [1.165, 1.54) is 24.2 Å². The van der Waals surface area contributed by atoms with Crippen LogP contribution in [0.3, 0.4) is 0 Å². The predicted molar refractivity (Wildman–Crippen MR) is 109 cm³/mol. The SMILES string of the molecule is CCC(CC)C1CCN(C(=NC)NCCCN2C(=O)NC(C)(CC)C2=O)C1. The number of rotatable bonds is 8. The zero-order chi connectivity index (χ0) is 20.0. The predicted octanol–water partition coefficient (Wildman–Crippen LogP) is 2.43. The zero-order valence-electron chi connectivity index (χ0n) is 17.7. The molecule has 0 aliphatic carbocycles. The van der Waals surface area contributed by atoms with Gasteiger partial charge >= 0.3 is 6.03 Å². The van der Waals surface area contributed by atoms with E-state index in [2.05, 4.69) is 34.4 Å². The van der Waals surface area contributed by atoms with E-state index in [-0.39, 0.29) is 11.9 Å². The summed E-state index contributed by atoms with van der Waals surface area (Å²) in [6.07, 6.45) is 5.02. The summed E-state index contributed by atoms with van der Waals surface area (Å²) in [5.74, 6) is 2.35. The first kappa shape index (κ1) is 21.5. The van der Waals surface area contributed by atoms with Crippen LogP contribution in [0.5, 0.6) is 0 Å². The molecule has 7 nitrogen and oxygen atoms in total. The van der Waals surface area contributed by atoms with E-state index in [0.29, 0.717) is 25.9 Å². The van der Waals surface area contributed by atoms with Crippen molar-refractivity contribution >= 4 is 17.9 Å². The highest BCUT2D eigenvalue weighted by Crippen LogP contribution is 2.28. The van der Waals surface area contributed by atoms with Crippen LogP contribution in [0.4, 0.5) is 4.79 Å². The third kappa shape index (κ3) is 4.74. The summed E-state index contributed by atoms with van der Waals surface area (Å²) in [6, 6.07) is -0.277. The van der Waals surface area contributed by atoms with Crippen LogP contribution in [0.25, 0.3) is 0 Å². The van der Waals surface area contributed by atoms with Gasteiger partial charge in [-0.15, -0.1) is 0 Å². The molecule has 0 radical (unpaired) electrons. The number of imide groups is 1. The van der Waals surface area contributed by atoms with Crippen molar-refractivity contribution in [1.29, 1.82) is 0 Å². The first-order valence-electron chi connectivity index (χ1n) is 10.5. The van der Waals surface area contributed by atoms with Crippen molar-refractivity contribution in [3.63, 3.8) is 0 Å². The van der Waals surface area contributed by atoms with E-state index in [1.807, 2.05) is 14.0 Å². The third-order valence-electron chi connectivity index (χ3n) is 6.35. The molecule has 27 heavy (non-hydrogen) atoms. The van der Waals surface area contributed by atoms with E-state index >= 15 is 0 Å². The maximum atomic E-state index is 12.4. The van der Waals surface area contributed by atoms with Crippen LogP contribution in [0.2, 0.25) is 0 Å². The number of amides is 3. The summed E-state index contributed by atoms with van der Waals surface area (Å²) >= 11 is 0. The summed E-state index contributed by atoms with van der Waals surface area (Å²) in [6.45, 7) is 11.5. The first-order valence-corrected chi connectivity index (χ1v) is 10.5. The molecule has 3 amide bonds. The van der Waals surface area contributed by atoms with Gasteiger partial charge in [-0.1, -0.05) is 33.6 Å². The van der Waals surface area contributed by atoms with Crippen molar-refractivity contribution in [2.45, 2.75) is 65.3 Å². The van der Waals surface area contributed by atoms with Gasteiger partial charge in [0.05, 0.1) is 0 Å². The maximum absolute atomic E-state index is 12.4. The largest absolute Gasteiger partial charge is 0.356 e. The van der Waals surface area contributed by atoms with Crippen LogP contribution in [-0.2, 0) is 4.79 Å². The lowest BCUT2D eigenvalue weighted by molar-refractivity contribution is -0.130. The van der Waals surface area contributed by atoms with E-state index < -0.39 is 5.54 Å². The zero-order valence-corrected chi connectivity index (χ0v) is 17.7. The van der Waals surface area contributed by atoms with Crippen LogP contribution in [0, 0.1) is 11.8 Å². The minimum absolute atomic E-state index is 0.119. The number of carbonyl (C=O) groups is 2. The second kappa shape index (κ2) is 9.42. The Morgan fingerprint density at radius 3 is 2.59 bits per heavy atom. The molecule has 2 fully saturated rings. The molecule has 2 atom stereocenters. The Bertz CT molecular complexity index is 561. The van der Waals surface area contributed by atoms with Gasteiger partial charge in [-0.25, -0.2) is 4.79 Å². The summed E-state index contributed by atoms with van der Waals surface area (Å²) < 4.78 is 0. The van der Waals surface area contributed by atoms with Gasteiger partial charge in [0.15, 0.2) is 5.96 Å². The molecule has 0 saturated carbocycles. The Labute approximate surface area is 163 Å². The van der Waals surface area contributed by atoms with Gasteiger partial charge < -0.3 is 15.5 Å². The number of guanidine groups is 1. The fourth-order valence-electron chi connectivity index (χ4n) is 4.28. The molecular formula is C20H37N5O2. The summed E-state index contributed by atoms with van der Waals surface area (Å²) in [7, 11) is 1.82. The van der Waals surface area contributed by atoms with Crippen molar-refractivity contribution in [2.24, 2.45) is 16.8 Å². The van der Waals surface area contributed by atoms with Crippen LogP contribution >= 0.6 is 0 Å². The number of nitrogens with one attached hydrogen (secondary N) is 2. The quantitative estimate of drug-likeness (QED) is 0.294. The topological polar surface area (TPSA) is 77.0 Å². The van der Waals surface area contributed by atoms with Gasteiger partial charge in [-0.05, 0) is 38.0 Å². The Kier molecular flexibility index (Phi) is 7.50. The molecule has 2 unspecified atom stereocenters. The van der Waals surface area contributed by atoms with E-state index in [4.69, 9.17) is 0 Å². The van der Waals surface area contributed by atoms with Crippen LogP contribution < -0.4 is 10.6 Å². The van der Waals surface area contributed by atoms with Crippen LogP contribution in [0.15, 0.2) is 4.99 Å². The molecule has 2 aliphatic rings. The average molecular weight is 380 g/mol. The molecule has 0 aromatic heterocycles. The fourth-order valence-corrected chi connectivity index (χ4v) is 4.28. The number of nitrogens with zero attached hydrogens (tertiary/aromatic N) is 3. The number of hydrogen-bond acceptors (Lipinski definition) is 3. The van der Waals surface area contributed by atoms with E-state index in [1.54, 1.807) is 6.92 Å². The van der Waals surface area contributed by atoms with E-state index in [0.717, 1.165) is 30.9 Å². The standard InChI is InChI=1S/C20H37N5O2/c1-6-15(7-2)16-10-13-24(14-16)18(21-5)22-11-9-12-25-17(26)20(4,8-3)23-19(25)27/h15-16H,6-14H2,1-5H3,(H,21,22)(H,23,27). The molecule has 0 spiro atoms. The van der Waals surface area contributed by atoms with Crippen LogP contribution in [-0.4, -0.2) is 66.5 Å². The van der Waals surface area contributed by atoms with Crippen molar-refractivity contribution in [3.05, 3.63) is 0 Å². The minimum Gasteiger partial charge on any atom is -0.356 e. The van der Waals surface area contributed by atoms with Crippen LogP contribution in [0.1, 0.15) is 59.8 Å². The summed E-state index contributed by atoms with van der Waals surface area (Å²) in [5.41, 5.74) is -0.750. The molecular weight excluding hydrogens is 342 g/mol. The number of hydrogen-bond donors (Lipinski definition) is 2. The molecule has 0 bridgehead atoms. The average Bonchev–Trinajstić information content (AvgIpc) is 3.22. The lowest BCUT2D eigenvalue weighted by Crippen LogP contribution is -2.43. The van der Waals surface area contributed by atoms with Gasteiger partial charge in [-0.3, -0.25) is 14.7 Å². The lowest BCUT2D eigenvalue weighted by atomic mass is 9.87. The van der Waals surface area contributed by atoms with Gasteiger partial charge in [0.2, 0.25) is 0 Å². The summed E-state index contributed by atoms with van der Waals surface area (Å²) in [5, 5.41) is 6.20. The smallest absolute Gasteiger partial charge is 0.325 e. The molecule has 2 N–H and O–H groups in total. The van der Waals surface area contributed by atoms with Crippen molar-refractivity contribution in [1.82, 2.24) is 20.4 Å². The number of likely N-dealkylation sites (tertiary alicyclic amines) is 1. The highest BCUT2D eigenvalue weighted by atomic mass is 16.2. The second-order valence-electron chi connectivity index (χ2n) is 7.97. The lowest BCUT2D eigenvalue weighted by Gasteiger charge is -2.24. The maximum Gasteiger partial charge on any atom is 0.325 e. The van der Waals surface area contributed by atoms with Gasteiger partial charge in [-0.2, -0.15) is 0 Å². The van der Waals surface area contributed by atoms with Gasteiger partial charge in [0.25, 0.3) is 5.91 Å². The molecule has 154 valence electrons. The molecule has 7 heteroatoms. The summed E-state index contributed by atoms with van der Waals surface area (Å²) in [4.78, 5) is 32.6. The van der Waals surface area contributed by atoms with Crippen molar-refractivity contribution in [3.8, 4) is 0 Å². The fraction of sp³-hybridized carbons (Fsp3) is 0.850. The minimum atomic E-state index is -0.750. The monoisotopic (exact) mass is 379 g/mol.